The van der Waals surface area contributed by atoms with E-state index in [9.17, 15) is 9.59 Å². The van der Waals surface area contributed by atoms with Gasteiger partial charge in [0.15, 0.2) is 6.61 Å². The van der Waals surface area contributed by atoms with Crippen molar-refractivity contribution >= 4 is 22.8 Å². The van der Waals surface area contributed by atoms with Crippen LogP contribution in [0.15, 0.2) is 59.2 Å². The highest BCUT2D eigenvalue weighted by Gasteiger charge is 2.20. The molecule has 0 N–H and O–H groups in total. The molecule has 2 aromatic carbocycles. The van der Waals surface area contributed by atoms with Crippen LogP contribution in [0, 0.1) is 6.92 Å². The molecule has 1 aromatic heterocycles. The van der Waals surface area contributed by atoms with Crippen molar-refractivity contribution in [3.63, 3.8) is 0 Å². The number of rotatable bonds is 7. The molecule has 5 heteroatoms. The van der Waals surface area contributed by atoms with Gasteiger partial charge in [0.2, 0.25) is 0 Å². The molecule has 0 bridgehead atoms. The summed E-state index contributed by atoms with van der Waals surface area (Å²) in [5.74, 6) is -0.653. The fraction of sp³-hybridized carbons (Fsp3) is 0.304. The number of carbonyl (C=O) groups is 2. The zero-order valence-electron chi connectivity index (χ0n) is 16.5. The van der Waals surface area contributed by atoms with Crippen molar-refractivity contribution in [1.82, 2.24) is 4.90 Å². The van der Waals surface area contributed by atoms with E-state index >= 15 is 0 Å². The summed E-state index contributed by atoms with van der Waals surface area (Å²) in [6.07, 6.45) is 1.65. The first-order chi connectivity index (χ1) is 13.4. The number of furan rings is 1. The summed E-state index contributed by atoms with van der Waals surface area (Å²) < 4.78 is 10.8. The van der Waals surface area contributed by atoms with Crippen molar-refractivity contribution < 1.29 is 18.7 Å². The number of aryl methyl sites for hydroxylation is 1. The molecule has 0 aliphatic carbocycles. The van der Waals surface area contributed by atoms with Gasteiger partial charge in [-0.15, -0.1) is 0 Å². The molecule has 28 heavy (non-hydrogen) atoms. The number of esters is 1. The SMILES string of the molecule is Cc1ccc2c(CC(=O)OCC(=O)N(Cc3ccccc3)C(C)C)coc2c1. The lowest BCUT2D eigenvalue weighted by molar-refractivity contribution is -0.152. The molecule has 0 aliphatic heterocycles. The topological polar surface area (TPSA) is 59.8 Å². The molecule has 146 valence electrons. The molecule has 0 saturated carbocycles. The average molecular weight is 379 g/mol. The number of ether oxygens (including phenoxy) is 1. The summed E-state index contributed by atoms with van der Waals surface area (Å²) in [5.41, 5.74) is 3.63. The summed E-state index contributed by atoms with van der Waals surface area (Å²) in [6.45, 7) is 6.10. The second-order valence-electron chi connectivity index (χ2n) is 7.20. The van der Waals surface area contributed by atoms with Crippen LogP contribution in [0.25, 0.3) is 11.0 Å². The zero-order valence-corrected chi connectivity index (χ0v) is 16.5. The molecular formula is C23H25NO4. The van der Waals surface area contributed by atoms with E-state index in [1.54, 1.807) is 11.2 Å². The average Bonchev–Trinajstić information content (AvgIpc) is 3.06. The van der Waals surface area contributed by atoms with Crippen molar-refractivity contribution in [3.05, 3.63) is 71.5 Å². The normalized spacial score (nSPS) is 11.0. The molecule has 0 atom stereocenters. The van der Waals surface area contributed by atoms with Crippen LogP contribution in [0.2, 0.25) is 0 Å². The molecule has 0 aliphatic rings. The second-order valence-corrected chi connectivity index (χ2v) is 7.20. The van der Waals surface area contributed by atoms with Crippen LogP contribution in [-0.2, 0) is 27.3 Å². The molecular weight excluding hydrogens is 354 g/mol. The van der Waals surface area contributed by atoms with Crippen molar-refractivity contribution in [2.45, 2.75) is 39.8 Å². The Kier molecular flexibility index (Phi) is 6.14. The van der Waals surface area contributed by atoms with E-state index in [1.807, 2.05) is 69.3 Å². The smallest absolute Gasteiger partial charge is 0.310 e. The van der Waals surface area contributed by atoms with Crippen LogP contribution in [0.5, 0.6) is 0 Å². The molecule has 0 spiro atoms. The Morgan fingerprint density at radius 1 is 1.11 bits per heavy atom. The third kappa shape index (κ3) is 4.80. The lowest BCUT2D eigenvalue weighted by Crippen LogP contribution is -2.39. The van der Waals surface area contributed by atoms with E-state index in [2.05, 4.69) is 0 Å². The third-order valence-electron chi connectivity index (χ3n) is 4.64. The van der Waals surface area contributed by atoms with Crippen LogP contribution in [-0.4, -0.2) is 29.4 Å². The Bertz CT molecular complexity index is 959. The molecule has 0 radical (unpaired) electrons. The maximum atomic E-state index is 12.6. The van der Waals surface area contributed by atoms with Crippen molar-refractivity contribution in [1.29, 1.82) is 0 Å². The van der Waals surface area contributed by atoms with Gasteiger partial charge in [-0.2, -0.15) is 0 Å². The van der Waals surface area contributed by atoms with Gasteiger partial charge in [-0.05, 0) is 38.0 Å². The molecule has 0 unspecified atom stereocenters. The largest absolute Gasteiger partial charge is 0.464 e. The van der Waals surface area contributed by atoms with E-state index in [-0.39, 0.29) is 25.0 Å². The van der Waals surface area contributed by atoms with Crippen LogP contribution >= 0.6 is 0 Å². The van der Waals surface area contributed by atoms with Gasteiger partial charge in [-0.1, -0.05) is 42.5 Å². The van der Waals surface area contributed by atoms with Crippen LogP contribution < -0.4 is 0 Å². The first-order valence-electron chi connectivity index (χ1n) is 9.40. The van der Waals surface area contributed by atoms with E-state index in [4.69, 9.17) is 9.15 Å². The van der Waals surface area contributed by atoms with Crippen LogP contribution in [0.1, 0.15) is 30.5 Å². The van der Waals surface area contributed by atoms with Crippen molar-refractivity contribution in [2.75, 3.05) is 6.61 Å². The minimum atomic E-state index is -0.444. The number of amides is 1. The predicted molar refractivity (Wildman–Crippen MR) is 108 cm³/mol. The summed E-state index contributed by atoms with van der Waals surface area (Å²) in [6, 6.07) is 15.6. The van der Waals surface area contributed by atoms with Gasteiger partial charge < -0.3 is 14.1 Å². The highest BCUT2D eigenvalue weighted by atomic mass is 16.5. The fourth-order valence-corrected chi connectivity index (χ4v) is 3.10. The fourth-order valence-electron chi connectivity index (χ4n) is 3.10. The van der Waals surface area contributed by atoms with E-state index in [0.717, 1.165) is 27.7 Å². The number of carbonyl (C=O) groups excluding carboxylic acids is 2. The molecule has 0 saturated heterocycles. The van der Waals surface area contributed by atoms with Gasteiger partial charge >= 0.3 is 5.97 Å². The minimum Gasteiger partial charge on any atom is -0.464 e. The van der Waals surface area contributed by atoms with Gasteiger partial charge in [0.05, 0.1) is 12.7 Å². The maximum absolute atomic E-state index is 12.6. The summed E-state index contributed by atoms with van der Waals surface area (Å²) in [7, 11) is 0. The third-order valence-corrected chi connectivity index (χ3v) is 4.64. The number of hydrogen-bond donors (Lipinski definition) is 0. The molecule has 0 fully saturated rings. The van der Waals surface area contributed by atoms with E-state index in [0.29, 0.717) is 6.54 Å². The predicted octanol–water partition coefficient (Wildman–Crippen LogP) is 4.26. The number of nitrogens with zero attached hydrogens (tertiary/aromatic N) is 1. The Hall–Kier alpha value is -3.08. The molecule has 5 nitrogen and oxygen atoms in total. The lowest BCUT2D eigenvalue weighted by Gasteiger charge is -2.26. The highest BCUT2D eigenvalue weighted by molar-refractivity contribution is 5.87. The molecule has 3 rings (SSSR count). The van der Waals surface area contributed by atoms with Crippen molar-refractivity contribution in [3.8, 4) is 0 Å². The Labute approximate surface area is 164 Å². The Balaban J connectivity index is 1.58. The number of hydrogen-bond acceptors (Lipinski definition) is 4. The second kappa shape index (κ2) is 8.74. The van der Waals surface area contributed by atoms with Crippen molar-refractivity contribution in [2.24, 2.45) is 0 Å². The minimum absolute atomic E-state index is 0.00691. The first-order valence-corrected chi connectivity index (χ1v) is 9.40. The monoisotopic (exact) mass is 379 g/mol. The highest BCUT2D eigenvalue weighted by Crippen LogP contribution is 2.23. The van der Waals surface area contributed by atoms with Crippen LogP contribution in [0.3, 0.4) is 0 Å². The maximum Gasteiger partial charge on any atom is 0.310 e. The van der Waals surface area contributed by atoms with Gasteiger partial charge in [0.25, 0.3) is 5.91 Å². The van der Waals surface area contributed by atoms with Gasteiger partial charge in [0, 0.05) is 23.5 Å². The van der Waals surface area contributed by atoms with Gasteiger partial charge in [-0.25, -0.2) is 0 Å². The van der Waals surface area contributed by atoms with Crippen LogP contribution in [0.4, 0.5) is 0 Å². The Morgan fingerprint density at radius 3 is 2.57 bits per heavy atom. The van der Waals surface area contributed by atoms with E-state index in [1.165, 1.54) is 0 Å². The summed E-state index contributed by atoms with van der Waals surface area (Å²) in [4.78, 5) is 26.5. The standard InChI is InChI=1S/C23H25NO4/c1-16(2)24(13-18-7-5-4-6-8-18)22(25)15-28-23(26)12-19-14-27-21-11-17(3)9-10-20(19)21/h4-11,14,16H,12-13,15H2,1-3H3. The quantitative estimate of drug-likeness (QED) is 0.576. The molecule has 3 aromatic rings. The summed E-state index contributed by atoms with van der Waals surface area (Å²) >= 11 is 0. The van der Waals surface area contributed by atoms with Gasteiger partial charge in [0.1, 0.15) is 5.58 Å². The zero-order chi connectivity index (χ0) is 20.1. The molecule has 1 heterocycles. The first kappa shape index (κ1) is 19.7. The molecule has 1 amide bonds. The van der Waals surface area contributed by atoms with Gasteiger partial charge in [-0.3, -0.25) is 9.59 Å². The number of fused-ring (bicyclic) bond motifs is 1. The lowest BCUT2D eigenvalue weighted by atomic mass is 10.1. The number of benzene rings is 2. The summed E-state index contributed by atoms with van der Waals surface area (Å²) in [5, 5.41) is 0.891. The Morgan fingerprint density at radius 2 is 1.86 bits per heavy atom. The van der Waals surface area contributed by atoms with E-state index < -0.39 is 5.97 Å².